The van der Waals surface area contributed by atoms with Gasteiger partial charge in [0, 0.05) is 38.1 Å². The van der Waals surface area contributed by atoms with Gasteiger partial charge in [-0.25, -0.2) is 10.1 Å². The van der Waals surface area contributed by atoms with Crippen LogP contribution in [0.3, 0.4) is 0 Å². The smallest absolute Gasteiger partial charge is 0.276 e. The molecular weight excluding hydrogens is 312 g/mol. The van der Waals surface area contributed by atoms with Crippen LogP contribution in [0.5, 0.6) is 0 Å². The van der Waals surface area contributed by atoms with E-state index in [-0.39, 0.29) is 0 Å². The van der Waals surface area contributed by atoms with Crippen LogP contribution in [0.2, 0.25) is 0 Å². The second-order valence-corrected chi connectivity index (χ2v) is 7.25. The lowest BCUT2D eigenvalue weighted by atomic mass is 10.3. The van der Waals surface area contributed by atoms with Crippen LogP contribution >= 0.6 is 11.3 Å². The Bertz CT molecular complexity index is 688. The summed E-state index contributed by atoms with van der Waals surface area (Å²) in [6.07, 6.45) is 1.63. The topological polar surface area (TPSA) is 92.7 Å². The second kappa shape index (κ2) is 5.85. The van der Waals surface area contributed by atoms with Gasteiger partial charge in [-0.3, -0.25) is 4.90 Å². The molecule has 1 aliphatic rings. The number of nitrogens with zero attached hydrogens (tertiary/aromatic N) is 3. The molecule has 1 aliphatic heterocycles. The molecule has 3 rings (SSSR count). The van der Waals surface area contributed by atoms with E-state index < -0.39 is 10.2 Å². The average Bonchev–Trinajstić information content (AvgIpc) is 3.08. The van der Waals surface area contributed by atoms with E-state index in [9.17, 15) is 8.42 Å². The molecule has 0 bridgehead atoms. The molecule has 0 aliphatic carbocycles. The fourth-order valence-electron chi connectivity index (χ4n) is 2.26. The maximum atomic E-state index is 11.3. The zero-order chi connectivity index (χ0) is 14.9. The fourth-order valence-corrected chi connectivity index (χ4v) is 3.71. The standard InChI is InChI=1S/C12H16N4O3S2/c13-21(17,18)16-5-3-15(4-6-16)8-10-9-20-12(14-10)11-2-1-7-19-11/h1-2,7,9H,3-6,8H2,(H2,13,17,18). The molecular formula is C12H16N4O3S2. The molecule has 0 radical (unpaired) electrons. The van der Waals surface area contributed by atoms with E-state index in [0.717, 1.165) is 16.5 Å². The predicted molar refractivity (Wildman–Crippen MR) is 79.8 cm³/mol. The van der Waals surface area contributed by atoms with Crippen LogP contribution in [0.4, 0.5) is 0 Å². The molecule has 0 spiro atoms. The Morgan fingerprint density at radius 3 is 2.71 bits per heavy atom. The van der Waals surface area contributed by atoms with Crippen molar-refractivity contribution in [1.29, 1.82) is 0 Å². The van der Waals surface area contributed by atoms with Gasteiger partial charge in [0.15, 0.2) is 10.8 Å². The van der Waals surface area contributed by atoms with E-state index in [4.69, 9.17) is 9.56 Å². The molecule has 0 aromatic carbocycles. The molecule has 0 saturated carbocycles. The Balaban J connectivity index is 1.59. The highest BCUT2D eigenvalue weighted by Crippen LogP contribution is 2.24. The lowest BCUT2D eigenvalue weighted by Gasteiger charge is -2.32. The van der Waals surface area contributed by atoms with Gasteiger partial charge >= 0.3 is 0 Å². The molecule has 2 aromatic heterocycles. The molecule has 7 nitrogen and oxygen atoms in total. The summed E-state index contributed by atoms with van der Waals surface area (Å²) < 4.78 is 29.1. The summed E-state index contributed by atoms with van der Waals surface area (Å²) in [6, 6.07) is 3.72. The number of nitrogens with two attached hydrogens (primary N) is 1. The van der Waals surface area contributed by atoms with Crippen LogP contribution in [0.1, 0.15) is 5.69 Å². The minimum atomic E-state index is -3.57. The zero-order valence-corrected chi connectivity index (χ0v) is 12.9. The van der Waals surface area contributed by atoms with Gasteiger partial charge in [0.05, 0.1) is 12.0 Å². The van der Waals surface area contributed by atoms with Crippen molar-refractivity contribution in [3.8, 4) is 10.8 Å². The maximum Gasteiger partial charge on any atom is 0.276 e. The molecule has 2 aromatic rings. The number of furan rings is 1. The van der Waals surface area contributed by atoms with Crippen LogP contribution in [-0.4, -0.2) is 48.8 Å². The highest BCUT2D eigenvalue weighted by molar-refractivity contribution is 7.86. The first-order chi connectivity index (χ1) is 10.0. The first kappa shape index (κ1) is 14.7. The first-order valence-corrected chi connectivity index (χ1v) is 8.89. The van der Waals surface area contributed by atoms with E-state index in [1.807, 2.05) is 17.5 Å². The molecule has 114 valence electrons. The van der Waals surface area contributed by atoms with Crippen LogP contribution in [0.25, 0.3) is 10.8 Å². The number of thiazole rings is 1. The van der Waals surface area contributed by atoms with Crippen LogP contribution in [0.15, 0.2) is 28.2 Å². The average molecular weight is 328 g/mol. The number of hydrogen-bond donors (Lipinski definition) is 1. The molecule has 9 heteroatoms. The maximum absolute atomic E-state index is 11.3. The second-order valence-electron chi connectivity index (χ2n) is 4.84. The van der Waals surface area contributed by atoms with Crippen molar-refractivity contribution in [2.75, 3.05) is 26.2 Å². The highest BCUT2D eigenvalue weighted by Gasteiger charge is 2.24. The van der Waals surface area contributed by atoms with Crippen molar-refractivity contribution >= 4 is 21.5 Å². The van der Waals surface area contributed by atoms with Crippen LogP contribution in [-0.2, 0) is 16.8 Å². The van der Waals surface area contributed by atoms with Gasteiger partial charge in [-0.15, -0.1) is 11.3 Å². The van der Waals surface area contributed by atoms with E-state index >= 15 is 0 Å². The molecule has 3 heterocycles. The Morgan fingerprint density at radius 2 is 2.10 bits per heavy atom. The summed E-state index contributed by atoms with van der Waals surface area (Å²) in [5.41, 5.74) is 0.968. The molecule has 1 fully saturated rings. The molecule has 21 heavy (non-hydrogen) atoms. The van der Waals surface area contributed by atoms with Gasteiger partial charge in [0.2, 0.25) is 0 Å². The van der Waals surface area contributed by atoms with Crippen molar-refractivity contribution in [3.05, 3.63) is 29.5 Å². The van der Waals surface area contributed by atoms with Crippen molar-refractivity contribution in [2.45, 2.75) is 6.54 Å². The van der Waals surface area contributed by atoms with Crippen molar-refractivity contribution in [2.24, 2.45) is 5.14 Å². The van der Waals surface area contributed by atoms with Crippen LogP contribution in [0, 0.1) is 0 Å². The van der Waals surface area contributed by atoms with Gasteiger partial charge < -0.3 is 4.42 Å². The number of rotatable bonds is 4. The monoisotopic (exact) mass is 328 g/mol. The third-order valence-electron chi connectivity index (χ3n) is 3.36. The number of aromatic nitrogens is 1. The van der Waals surface area contributed by atoms with Gasteiger partial charge in [0.25, 0.3) is 10.2 Å². The summed E-state index contributed by atoms with van der Waals surface area (Å²) in [5, 5.41) is 7.99. The fraction of sp³-hybridized carbons (Fsp3) is 0.417. The van der Waals surface area contributed by atoms with E-state index in [1.165, 1.54) is 4.31 Å². The summed E-state index contributed by atoms with van der Waals surface area (Å²) >= 11 is 1.54. The third-order valence-corrected chi connectivity index (χ3v) is 5.35. The van der Waals surface area contributed by atoms with Crippen molar-refractivity contribution in [1.82, 2.24) is 14.2 Å². The molecule has 0 amide bonds. The van der Waals surface area contributed by atoms with Gasteiger partial charge in [-0.2, -0.15) is 12.7 Å². The van der Waals surface area contributed by atoms with Gasteiger partial charge in [-0.1, -0.05) is 0 Å². The largest absolute Gasteiger partial charge is 0.462 e. The lowest BCUT2D eigenvalue weighted by molar-refractivity contribution is 0.180. The number of hydrogen-bond acceptors (Lipinski definition) is 6. The quantitative estimate of drug-likeness (QED) is 0.893. The van der Waals surface area contributed by atoms with E-state index in [2.05, 4.69) is 9.88 Å². The SMILES string of the molecule is NS(=O)(=O)N1CCN(Cc2csc(-c3ccco3)n2)CC1. The summed E-state index contributed by atoms with van der Waals surface area (Å²) in [5.74, 6) is 0.769. The van der Waals surface area contributed by atoms with Gasteiger partial charge in [-0.05, 0) is 12.1 Å². The summed E-state index contributed by atoms with van der Waals surface area (Å²) in [7, 11) is -3.57. The molecule has 2 N–H and O–H groups in total. The Labute approximate surface area is 127 Å². The third kappa shape index (κ3) is 3.50. The minimum absolute atomic E-state index is 0.425. The Morgan fingerprint density at radius 1 is 1.33 bits per heavy atom. The predicted octanol–water partition coefficient (Wildman–Crippen LogP) is 0.724. The summed E-state index contributed by atoms with van der Waals surface area (Å²) in [4.78, 5) is 6.71. The van der Waals surface area contributed by atoms with E-state index in [0.29, 0.717) is 32.7 Å². The molecule has 0 unspecified atom stereocenters. The Hall–Kier alpha value is -1.26. The van der Waals surface area contributed by atoms with Crippen molar-refractivity contribution in [3.63, 3.8) is 0 Å². The number of piperazine rings is 1. The van der Waals surface area contributed by atoms with Crippen molar-refractivity contribution < 1.29 is 12.8 Å². The summed E-state index contributed by atoms with van der Waals surface area (Å²) in [6.45, 7) is 2.87. The Kier molecular flexibility index (Phi) is 4.09. The first-order valence-electron chi connectivity index (χ1n) is 6.51. The van der Waals surface area contributed by atoms with Crippen LogP contribution < -0.4 is 5.14 Å². The zero-order valence-electron chi connectivity index (χ0n) is 11.3. The normalized spacial score (nSPS) is 18.1. The highest BCUT2D eigenvalue weighted by atomic mass is 32.2. The molecule has 1 saturated heterocycles. The molecule has 0 atom stereocenters. The van der Waals surface area contributed by atoms with E-state index in [1.54, 1.807) is 17.6 Å². The van der Waals surface area contributed by atoms with Gasteiger partial charge in [0.1, 0.15) is 0 Å². The minimum Gasteiger partial charge on any atom is -0.462 e. The lowest BCUT2D eigenvalue weighted by Crippen LogP contribution is -2.50.